The second kappa shape index (κ2) is 8.59. The van der Waals surface area contributed by atoms with Crippen LogP contribution in [0.2, 0.25) is 0 Å². The number of aliphatic imine (C=N–C) groups is 1. The SMILES string of the molecule is CN=C(NCC1CCc2nnc(C)n2C1)NC1CCN(C2CCCC2)CC1. The largest absolute Gasteiger partial charge is 0.356 e. The van der Waals surface area contributed by atoms with Crippen molar-refractivity contribution in [1.82, 2.24) is 30.3 Å². The minimum atomic E-state index is 0.548. The zero-order valence-electron chi connectivity index (χ0n) is 17.0. The molecule has 27 heavy (non-hydrogen) atoms. The van der Waals surface area contributed by atoms with E-state index in [1.54, 1.807) is 0 Å². The topological polar surface area (TPSA) is 70.4 Å². The first-order valence-electron chi connectivity index (χ1n) is 10.8. The molecule has 7 heteroatoms. The fraction of sp³-hybridized carbons (Fsp3) is 0.850. The van der Waals surface area contributed by atoms with Crippen LogP contribution in [0, 0.1) is 12.8 Å². The second-order valence-electron chi connectivity index (χ2n) is 8.52. The number of nitrogens with one attached hydrogen (secondary N) is 2. The van der Waals surface area contributed by atoms with Crippen LogP contribution in [-0.4, -0.2) is 64.4 Å². The van der Waals surface area contributed by atoms with Crippen molar-refractivity contribution in [3.63, 3.8) is 0 Å². The highest BCUT2D eigenvalue weighted by Gasteiger charge is 2.27. The molecule has 4 rings (SSSR count). The van der Waals surface area contributed by atoms with Crippen LogP contribution in [0.3, 0.4) is 0 Å². The zero-order chi connectivity index (χ0) is 18.6. The summed E-state index contributed by atoms with van der Waals surface area (Å²) in [4.78, 5) is 7.19. The highest BCUT2D eigenvalue weighted by molar-refractivity contribution is 5.79. The molecule has 1 aliphatic carbocycles. The number of fused-ring (bicyclic) bond motifs is 1. The molecule has 1 aromatic heterocycles. The van der Waals surface area contributed by atoms with Crippen LogP contribution < -0.4 is 10.6 Å². The molecule has 1 aromatic rings. The van der Waals surface area contributed by atoms with Crippen molar-refractivity contribution in [2.45, 2.75) is 76.9 Å². The predicted octanol–water partition coefficient (Wildman–Crippen LogP) is 1.72. The highest BCUT2D eigenvalue weighted by atomic mass is 15.3. The zero-order valence-corrected chi connectivity index (χ0v) is 17.0. The number of hydrogen-bond donors (Lipinski definition) is 2. The Bertz CT molecular complexity index is 639. The minimum Gasteiger partial charge on any atom is -0.356 e. The van der Waals surface area contributed by atoms with Gasteiger partial charge >= 0.3 is 0 Å². The van der Waals surface area contributed by atoms with E-state index in [1.165, 1.54) is 58.0 Å². The summed E-state index contributed by atoms with van der Waals surface area (Å²) >= 11 is 0. The average Bonchev–Trinajstić information content (AvgIpc) is 3.36. The van der Waals surface area contributed by atoms with E-state index in [0.717, 1.165) is 43.2 Å². The Labute approximate surface area is 163 Å². The number of rotatable bonds is 4. The predicted molar refractivity (Wildman–Crippen MR) is 108 cm³/mol. The summed E-state index contributed by atoms with van der Waals surface area (Å²) in [5.74, 6) is 3.74. The number of aromatic nitrogens is 3. The number of likely N-dealkylation sites (tertiary alicyclic amines) is 1. The lowest BCUT2D eigenvalue weighted by molar-refractivity contribution is 0.150. The average molecular weight is 374 g/mol. The fourth-order valence-corrected chi connectivity index (χ4v) is 5.00. The Hall–Kier alpha value is -1.63. The van der Waals surface area contributed by atoms with Crippen LogP contribution in [0.25, 0.3) is 0 Å². The van der Waals surface area contributed by atoms with Crippen LogP contribution in [0.15, 0.2) is 4.99 Å². The molecule has 0 bridgehead atoms. The van der Waals surface area contributed by atoms with E-state index in [2.05, 4.69) is 35.3 Å². The monoisotopic (exact) mass is 373 g/mol. The van der Waals surface area contributed by atoms with Crippen molar-refractivity contribution in [3.05, 3.63) is 11.6 Å². The molecule has 0 spiro atoms. The summed E-state index contributed by atoms with van der Waals surface area (Å²) in [6.45, 7) is 6.48. The summed E-state index contributed by atoms with van der Waals surface area (Å²) in [5, 5.41) is 15.7. The van der Waals surface area contributed by atoms with Crippen LogP contribution in [-0.2, 0) is 13.0 Å². The minimum absolute atomic E-state index is 0.548. The van der Waals surface area contributed by atoms with Gasteiger partial charge in [-0.3, -0.25) is 4.99 Å². The van der Waals surface area contributed by atoms with Gasteiger partial charge in [-0.25, -0.2) is 0 Å². The summed E-state index contributed by atoms with van der Waals surface area (Å²) < 4.78 is 2.27. The second-order valence-corrected chi connectivity index (χ2v) is 8.52. The van der Waals surface area contributed by atoms with Gasteiger partial charge in [0.05, 0.1) is 0 Å². The maximum atomic E-state index is 4.46. The number of piperidine rings is 1. The Morgan fingerprint density at radius 1 is 1.11 bits per heavy atom. The van der Waals surface area contributed by atoms with Crippen molar-refractivity contribution in [1.29, 1.82) is 0 Å². The molecule has 1 saturated carbocycles. The van der Waals surface area contributed by atoms with E-state index >= 15 is 0 Å². The van der Waals surface area contributed by atoms with Crippen molar-refractivity contribution in [2.75, 3.05) is 26.7 Å². The smallest absolute Gasteiger partial charge is 0.191 e. The molecule has 7 nitrogen and oxygen atoms in total. The molecule has 3 heterocycles. The summed E-state index contributed by atoms with van der Waals surface area (Å²) in [7, 11) is 1.88. The van der Waals surface area contributed by atoms with E-state index in [1.807, 2.05) is 14.0 Å². The van der Waals surface area contributed by atoms with Gasteiger partial charge in [-0.1, -0.05) is 12.8 Å². The molecular weight excluding hydrogens is 338 g/mol. The number of hydrogen-bond acceptors (Lipinski definition) is 4. The molecule has 1 saturated heterocycles. The van der Waals surface area contributed by atoms with E-state index in [4.69, 9.17) is 0 Å². The molecule has 3 aliphatic rings. The lowest BCUT2D eigenvalue weighted by atomic mass is 9.99. The molecule has 2 aliphatic heterocycles. The van der Waals surface area contributed by atoms with E-state index < -0.39 is 0 Å². The normalized spacial score (nSPS) is 25.6. The van der Waals surface area contributed by atoms with Crippen LogP contribution in [0.4, 0.5) is 0 Å². The number of guanidine groups is 1. The number of aryl methyl sites for hydroxylation is 2. The van der Waals surface area contributed by atoms with E-state index in [9.17, 15) is 0 Å². The Morgan fingerprint density at radius 2 is 1.89 bits per heavy atom. The first-order valence-corrected chi connectivity index (χ1v) is 10.8. The third-order valence-corrected chi connectivity index (χ3v) is 6.72. The summed E-state index contributed by atoms with van der Waals surface area (Å²) in [6, 6.07) is 1.41. The Kier molecular flexibility index (Phi) is 5.95. The van der Waals surface area contributed by atoms with Crippen LogP contribution in [0.5, 0.6) is 0 Å². The van der Waals surface area contributed by atoms with Crippen molar-refractivity contribution in [3.8, 4) is 0 Å². The van der Waals surface area contributed by atoms with Crippen molar-refractivity contribution >= 4 is 5.96 Å². The Balaban J connectivity index is 1.21. The molecule has 0 amide bonds. The van der Waals surface area contributed by atoms with E-state index in [0.29, 0.717) is 12.0 Å². The van der Waals surface area contributed by atoms with Crippen molar-refractivity contribution in [2.24, 2.45) is 10.9 Å². The lowest BCUT2D eigenvalue weighted by Gasteiger charge is -2.36. The van der Waals surface area contributed by atoms with Gasteiger partial charge in [0.25, 0.3) is 0 Å². The van der Waals surface area contributed by atoms with Gasteiger partial charge < -0.3 is 20.1 Å². The van der Waals surface area contributed by atoms with Crippen molar-refractivity contribution < 1.29 is 0 Å². The number of nitrogens with zero attached hydrogens (tertiary/aromatic N) is 5. The fourth-order valence-electron chi connectivity index (χ4n) is 5.00. The first kappa shape index (κ1) is 18.7. The quantitative estimate of drug-likeness (QED) is 0.621. The van der Waals surface area contributed by atoms with Gasteiger partial charge in [0, 0.05) is 51.7 Å². The molecule has 150 valence electrons. The third kappa shape index (κ3) is 4.45. The standard InChI is InChI=1S/C20H35N7/c1-15-24-25-19-8-7-16(14-27(15)19)13-22-20(21-2)23-17-9-11-26(12-10-17)18-5-3-4-6-18/h16-18H,3-14H2,1-2H3,(H2,21,22,23). The van der Waals surface area contributed by atoms with Gasteiger partial charge in [-0.05, 0) is 44.9 Å². The lowest BCUT2D eigenvalue weighted by Crippen LogP contribution is -2.51. The van der Waals surface area contributed by atoms with E-state index in [-0.39, 0.29) is 0 Å². The van der Waals surface area contributed by atoms with Crippen LogP contribution >= 0.6 is 0 Å². The van der Waals surface area contributed by atoms with Gasteiger partial charge in [0.2, 0.25) is 0 Å². The van der Waals surface area contributed by atoms with Gasteiger partial charge in [0.1, 0.15) is 11.6 Å². The molecule has 2 N–H and O–H groups in total. The molecule has 0 radical (unpaired) electrons. The Morgan fingerprint density at radius 3 is 2.63 bits per heavy atom. The third-order valence-electron chi connectivity index (χ3n) is 6.72. The van der Waals surface area contributed by atoms with Gasteiger partial charge in [-0.15, -0.1) is 10.2 Å². The maximum Gasteiger partial charge on any atom is 0.191 e. The highest BCUT2D eigenvalue weighted by Crippen LogP contribution is 2.26. The summed E-state index contributed by atoms with van der Waals surface area (Å²) in [5.41, 5.74) is 0. The van der Waals surface area contributed by atoms with Gasteiger partial charge in [0.15, 0.2) is 5.96 Å². The molecule has 0 aromatic carbocycles. The molecule has 1 unspecified atom stereocenters. The first-order chi connectivity index (χ1) is 13.2. The molecular formula is C20H35N7. The molecule has 2 fully saturated rings. The van der Waals surface area contributed by atoms with Gasteiger partial charge in [-0.2, -0.15) is 0 Å². The summed E-state index contributed by atoms with van der Waals surface area (Å²) in [6.07, 6.45) is 10.3. The molecule has 1 atom stereocenters. The van der Waals surface area contributed by atoms with Crippen LogP contribution in [0.1, 0.15) is 56.6 Å². The maximum absolute atomic E-state index is 4.46.